The minimum absolute atomic E-state index is 0.167. The van der Waals surface area contributed by atoms with Crippen molar-refractivity contribution in [3.05, 3.63) is 11.6 Å². The van der Waals surface area contributed by atoms with E-state index in [4.69, 9.17) is 6.42 Å². The minimum Gasteiger partial charge on any atom is -0.389 e. The third kappa shape index (κ3) is 1.96. The zero-order valence-electron chi connectivity index (χ0n) is 14.5. The molecule has 2 N–H and O–H groups in total. The monoisotopic (exact) mass is 328 g/mol. The summed E-state index contributed by atoms with van der Waals surface area (Å²) in [6, 6.07) is 0. The van der Waals surface area contributed by atoms with E-state index in [2.05, 4.69) is 12.8 Å². The fourth-order valence-corrected chi connectivity index (χ4v) is 6.96. The zero-order chi connectivity index (χ0) is 17.1. The molecule has 0 amide bonds. The van der Waals surface area contributed by atoms with Gasteiger partial charge in [-0.2, -0.15) is 0 Å². The molecule has 3 nitrogen and oxygen atoms in total. The van der Waals surface area contributed by atoms with E-state index in [0.29, 0.717) is 36.5 Å². The Morgan fingerprint density at radius 1 is 1.29 bits per heavy atom. The molecule has 24 heavy (non-hydrogen) atoms. The van der Waals surface area contributed by atoms with Crippen LogP contribution in [0.25, 0.3) is 0 Å². The molecule has 0 aliphatic heterocycles. The quantitative estimate of drug-likeness (QED) is 0.728. The van der Waals surface area contributed by atoms with Gasteiger partial charge in [0.1, 0.15) is 5.60 Å². The summed E-state index contributed by atoms with van der Waals surface area (Å²) >= 11 is 0. The van der Waals surface area contributed by atoms with Gasteiger partial charge in [0, 0.05) is 11.8 Å². The highest BCUT2D eigenvalue weighted by Crippen LogP contribution is 2.66. The van der Waals surface area contributed by atoms with Gasteiger partial charge < -0.3 is 10.2 Å². The summed E-state index contributed by atoms with van der Waals surface area (Å²) in [4.78, 5) is 11.8. The maximum absolute atomic E-state index is 11.8. The lowest BCUT2D eigenvalue weighted by atomic mass is 9.49. The predicted octanol–water partition coefficient (Wildman–Crippen LogP) is 2.85. The van der Waals surface area contributed by atoms with Crippen molar-refractivity contribution in [1.29, 1.82) is 0 Å². The molecule has 0 spiro atoms. The van der Waals surface area contributed by atoms with Gasteiger partial charge in [0.2, 0.25) is 0 Å². The molecular formula is C21H28O3. The fraction of sp³-hybridized carbons (Fsp3) is 0.762. The van der Waals surface area contributed by atoms with Crippen LogP contribution >= 0.6 is 0 Å². The third-order valence-electron chi connectivity index (χ3n) is 8.07. The number of carbonyl (C=O) groups is 1. The lowest BCUT2D eigenvalue weighted by molar-refractivity contribution is -0.119. The first kappa shape index (κ1) is 16.4. The van der Waals surface area contributed by atoms with Gasteiger partial charge in [-0.05, 0) is 80.3 Å². The molecule has 0 heterocycles. The highest BCUT2D eigenvalue weighted by molar-refractivity contribution is 5.91. The van der Waals surface area contributed by atoms with E-state index in [-0.39, 0.29) is 11.2 Å². The second kappa shape index (κ2) is 5.44. The maximum atomic E-state index is 11.8. The van der Waals surface area contributed by atoms with Crippen molar-refractivity contribution in [2.45, 2.75) is 70.0 Å². The summed E-state index contributed by atoms with van der Waals surface area (Å²) in [5.74, 6) is 4.62. The van der Waals surface area contributed by atoms with Gasteiger partial charge in [-0.3, -0.25) is 4.79 Å². The largest absolute Gasteiger partial charge is 0.389 e. The molecule has 0 aromatic heterocycles. The number of terminal acetylenes is 1. The number of fused-ring (bicyclic) bond motifs is 5. The molecule has 4 aliphatic rings. The lowest BCUT2D eigenvalue weighted by Gasteiger charge is -2.56. The van der Waals surface area contributed by atoms with Gasteiger partial charge in [0.15, 0.2) is 5.78 Å². The average molecular weight is 328 g/mol. The zero-order valence-corrected chi connectivity index (χ0v) is 14.5. The summed E-state index contributed by atoms with van der Waals surface area (Å²) in [5, 5.41) is 21.8. The SMILES string of the molecule is C#C[C@@]1(O)CC[C@@H]2[C@H]3C[C@H](O)C4=CC(=O)CC[C@H]4[C@@H]3CC[C@]21CC. The highest BCUT2D eigenvalue weighted by atomic mass is 16.3. The highest BCUT2D eigenvalue weighted by Gasteiger charge is 2.64. The van der Waals surface area contributed by atoms with E-state index < -0.39 is 11.7 Å². The van der Waals surface area contributed by atoms with Crippen molar-refractivity contribution in [2.75, 3.05) is 0 Å². The van der Waals surface area contributed by atoms with Crippen LogP contribution in [0.3, 0.4) is 0 Å². The Hall–Kier alpha value is -1.11. The molecule has 0 aromatic rings. The van der Waals surface area contributed by atoms with E-state index in [0.717, 1.165) is 44.1 Å². The number of ketones is 1. The van der Waals surface area contributed by atoms with Crippen molar-refractivity contribution in [2.24, 2.45) is 29.1 Å². The van der Waals surface area contributed by atoms with Gasteiger partial charge >= 0.3 is 0 Å². The number of aliphatic hydroxyl groups excluding tert-OH is 1. The van der Waals surface area contributed by atoms with Crippen molar-refractivity contribution in [1.82, 2.24) is 0 Å². The molecule has 0 radical (unpaired) electrons. The normalized spacial score (nSPS) is 50.3. The van der Waals surface area contributed by atoms with Crippen LogP contribution < -0.4 is 0 Å². The predicted molar refractivity (Wildman–Crippen MR) is 91.9 cm³/mol. The average Bonchev–Trinajstić information content (AvgIpc) is 2.89. The molecule has 0 bridgehead atoms. The minimum atomic E-state index is -0.985. The van der Waals surface area contributed by atoms with Crippen LogP contribution in [-0.4, -0.2) is 27.7 Å². The summed E-state index contributed by atoms with van der Waals surface area (Å²) in [6.07, 6.45) is 13.8. The molecule has 4 rings (SSSR count). The van der Waals surface area contributed by atoms with Crippen molar-refractivity contribution < 1.29 is 15.0 Å². The Morgan fingerprint density at radius 3 is 2.79 bits per heavy atom. The van der Waals surface area contributed by atoms with Gasteiger partial charge in [-0.15, -0.1) is 6.42 Å². The van der Waals surface area contributed by atoms with E-state index in [1.807, 2.05) is 0 Å². The van der Waals surface area contributed by atoms with Crippen LogP contribution in [0.4, 0.5) is 0 Å². The molecule has 3 heteroatoms. The van der Waals surface area contributed by atoms with Crippen molar-refractivity contribution in [3.8, 4) is 12.3 Å². The molecule has 0 saturated heterocycles. The Kier molecular flexibility index (Phi) is 3.71. The van der Waals surface area contributed by atoms with E-state index in [1.54, 1.807) is 6.08 Å². The number of rotatable bonds is 1. The summed E-state index contributed by atoms with van der Waals surface area (Å²) in [5.41, 5.74) is -0.184. The van der Waals surface area contributed by atoms with E-state index >= 15 is 0 Å². The molecule has 0 unspecified atom stereocenters. The van der Waals surface area contributed by atoms with Gasteiger partial charge in [0.25, 0.3) is 0 Å². The number of hydrogen-bond donors (Lipinski definition) is 2. The van der Waals surface area contributed by atoms with Gasteiger partial charge in [-0.1, -0.05) is 12.8 Å². The first-order valence-corrected chi connectivity index (χ1v) is 9.58. The fourth-order valence-electron chi connectivity index (χ4n) is 6.96. The molecule has 4 aliphatic carbocycles. The Bertz CT molecular complexity index is 629. The van der Waals surface area contributed by atoms with Crippen LogP contribution in [0.1, 0.15) is 58.3 Å². The Balaban J connectivity index is 1.71. The van der Waals surface area contributed by atoms with Gasteiger partial charge in [0.05, 0.1) is 6.10 Å². The molecule has 3 saturated carbocycles. The molecular weight excluding hydrogens is 300 g/mol. The topological polar surface area (TPSA) is 57.5 Å². The molecule has 0 aromatic carbocycles. The van der Waals surface area contributed by atoms with Crippen LogP contribution in [0.5, 0.6) is 0 Å². The van der Waals surface area contributed by atoms with E-state index in [9.17, 15) is 15.0 Å². The molecule has 3 fully saturated rings. The Labute approximate surface area is 144 Å². The summed E-state index contributed by atoms with van der Waals surface area (Å²) in [7, 11) is 0. The lowest BCUT2D eigenvalue weighted by Crippen LogP contribution is -2.55. The van der Waals surface area contributed by atoms with E-state index in [1.165, 1.54) is 0 Å². The number of aliphatic hydroxyl groups is 2. The standard InChI is InChI=1S/C21H28O3/c1-3-20-9-7-15-14-6-5-13(22)11-17(14)19(23)12-16(15)18(20)8-10-21(20,24)4-2/h2,11,14-16,18-19,23-24H,3,5-10,12H2,1H3/t14-,15-,16-,18+,19-,20+,21+/m0/s1. The molecule has 130 valence electrons. The summed E-state index contributed by atoms with van der Waals surface area (Å²) in [6.45, 7) is 2.16. The smallest absolute Gasteiger partial charge is 0.155 e. The second-order valence-electron chi connectivity index (χ2n) is 8.53. The first-order chi connectivity index (χ1) is 11.5. The van der Waals surface area contributed by atoms with Crippen LogP contribution in [0.2, 0.25) is 0 Å². The maximum Gasteiger partial charge on any atom is 0.155 e. The first-order valence-electron chi connectivity index (χ1n) is 9.58. The second-order valence-corrected chi connectivity index (χ2v) is 8.53. The number of hydrogen-bond acceptors (Lipinski definition) is 3. The van der Waals surface area contributed by atoms with Crippen LogP contribution in [-0.2, 0) is 4.79 Å². The molecule has 7 atom stereocenters. The van der Waals surface area contributed by atoms with Crippen molar-refractivity contribution in [3.63, 3.8) is 0 Å². The van der Waals surface area contributed by atoms with Crippen LogP contribution in [0, 0.1) is 41.4 Å². The third-order valence-corrected chi connectivity index (χ3v) is 8.07. The van der Waals surface area contributed by atoms with Crippen LogP contribution in [0.15, 0.2) is 11.6 Å². The Morgan fingerprint density at radius 2 is 2.08 bits per heavy atom. The van der Waals surface area contributed by atoms with Crippen molar-refractivity contribution >= 4 is 5.78 Å². The van der Waals surface area contributed by atoms with Gasteiger partial charge in [-0.25, -0.2) is 0 Å². The summed E-state index contributed by atoms with van der Waals surface area (Å²) < 4.78 is 0. The number of carbonyl (C=O) groups excluding carboxylic acids is 1.